The van der Waals surface area contributed by atoms with E-state index in [9.17, 15) is 17.6 Å². The van der Waals surface area contributed by atoms with Crippen molar-refractivity contribution in [1.29, 1.82) is 0 Å². The molecule has 0 fully saturated rings. The second-order valence-corrected chi connectivity index (χ2v) is 2.56. The van der Waals surface area contributed by atoms with E-state index < -0.39 is 29.7 Å². The molecule has 0 saturated heterocycles. The van der Waals surface area contributed by atoms with Crippen molar-refractivity contribution >= 4 is 5.69 Å². The van der Waals surface area contributed by atoms with Crippen LogP contribution in [0.5, 0.6) is 0 Å². The minimum absolute atomic E-state index is 0.405. The maximum Gasteiger partial charge on any atom is 0.265 e. The molecule has 78 valence electrons. The van der Waals surface area contributed by atoms with Gasteiger partial charge in [-0.05, 0) is 0 Å². The zero-order chi connectivity index (χ0) is 10.7. The van der Waals surface area contributed by atoms with Crippen LogP contribution in [0, 0.1) is 0 Å². The molecular weight excluding hydrogens is 200 g/mol. The zero-order valence-corrected chi connectivity index (χ0v) is 6.98. The number of halogens is 4. The first kappa shape index (κ1) is 10.8. The van der Waals surface area contributed by atoms with Crippen LogP contribution in [0.15, 0.2) is 18.2 Å². The van der Waals surface area contributed by atoms with Gasteiger partial charge < -0.3 is 5.43 Å². The van der Waals surface area contributed by atoms with Crippen molar-refractivity contribution in [3.05, 3.63) is 29.3 Å². The SMILES string of the molecule is NNc1c(C(F)F)cccc1C(F)F. The van der Waals surface area contributed by atoms with E-state index in [2.05, 4.69) is 0 Å². The Kier molecular flexibility index (Phi) is 3.29. The van der Waals surface area contributed by atoms with Gasteiger partial charge in [0, 0.05) is 11.1 Å². The van der Waals surface area contributed by atoms with Crippen LogP contribution in [0.2, 0.25) is 0 Å². The van der Waals surface area contributed by atoms with Gasteiger partial charge in [-0.1, -0.05) is 18.2 Å². The minimum atomic E-state index is -2.83. The molecule has 0 aliphatic heterocycles. The summed E-state index contributed by atoms with van der Waals surface area (Å²) in [5, 5.41) is 0. The lowest BCUT2D eigenvalue weighted by Gasteiger charge is -2.12. The zero-order valence-electron chi connectivity index (χ0n) is 6.98. The quantitative estimate of drug-likeness (QED) is 0.455. The number of nitrogen functional groups attached to an aromatic ring is 1. The van der Waals surface area contributed by atoms with Crippen molar-refractivity contribution < 1.29 is 17.6 Å². The molecule has 0 aliphatic rings. The summed E-state index contributed by atoms with van der Waals surface area (Å²) in [4.78, 5) is 0. The van der Waals surface area contributed by atoms with Crippen molar-refractivity contribution in [3.63, 3.8) is 0 Å². The molecule has 0 radical (unpaired) electrons. The van der Waals surface area contributed by atoms with E-state index in [1.54, 1.807) is 0 Å². The fourth-order valence-electron chi connectivity index (χ4n) is 1.12. The number of hydrogen-bond acceptors (Lipinski definition) is 2. The third-order valence-corrected chi connectivity index (χ3v) is 1.74. The minimum Gasteiger partial charge on any atom is -0.323 e. The van der Waals surface area contributed by atoms with E-state index in [0.717, 1.165) is 18.2 Å². The smallest absolute Gasteiger partial charge is 0.265 e. The number of rotatable bonds is 3. The Balaban J connectivity index is 3.25. The highest BCUT2D eigenvalue weighted by Crippen LogP contribution is 2.34. The molecule has 0 amide bonds. The van der Waals surface area contributed by atoms with Crippen LogP contribution in [0.4, 0.5) is 23.2 Å². The van der Waals surface area contributed by atoms with Crippen molar-refractivity contribution in [2.75, 3.05) is 5.43 Å². The Morgan fingerprint density at radius 3 is 1.71 bits per heavy atom. The van der Waals surface area contributed by atoms with Gasteiger partial charge in [-0.15, -0.1) is 0 Å². The average molecular weight is 208 g/mol. The summed E-state index contributed by atoms with van der Waals surface area (Å²) in [6, 6.07) is 3.24. The molecule has 14 heavy (non-hydrogen) atoms. The molecule has 6 heteroatoms. The van der Waals surface area contributed by atoms with Gasteiger partial charge in [-0.25, -0.2) is 17.6 Å². The second-order valence-electron chi connectivity index (χ2n) is 2.56. The Hall–Kier alpha value is -1.30. The van der Waals surface area contributed by atoms with Crippen LogP contribution in [0.3, 0.4) is 0 Å². The van der Waals surface area contributed by atoms with E-state index in [0.29, 0.717) is 0 Å². The molecule has 1 aromatic carbocycles. The predicted octanol–water partition coefficient (Wildman–Crippen LogP) is 2.85. The van der Waals surface area contributed by atoms with Crippen LogP contribution < -0.4 is 11.3 Å². The fraction of sp³-hybridized carbons (Fsp3) is 0.250. The van der Waals surface area contributed by atoms with Gasteiger partial charge in [0.25, 0.3) is 12.9 Å². The normalized spacial score (nSPS) is 11.1. The molecule has 0 spiro atoms. The molecule has 0 bridgehead atoms. The molecule has 0 unspecified atom stereocenters. The summed E-state index contributed by atoms with van der Waals surface area (Å²) in [6.45, 7) is 0. The van der Waals surface area contributed by atoms with Gasteiger partial charge in [0.15, 0.2) is 0 Å². The second kappa shape index (κ2) is 4.28. The number of hydrazine groups is 1. The van der Waals surface area contributed by atoms with Crippen LogP contribution in [0.25, 0.3) is 0 Å². The highest BCUT2D eigenvalue weighted by atomic mass is 19.3. The third-order valence-electron chi connectivity index (χ3n) is 1.74. The van der Waals surface area contributed by atoms with Crippen LogP contribution in [-0.4, -0.2) is 0 Å². The molecule has 1 aromatic rings. The van der Waals surface area contributed by atoms with Crippen LogP contribution in [-0.2, 0) is 0 Å². The number of nitrogens with one attached hydrogen (secondary N) is 1. The summed E-state index contributed by atoms with van der Waals surface area (Å²) in [5.74, 6) is 4.91. The van der Waals surface area contributed by atoms with Crippen LogP contribution >= 0.6 is 0 Å². The van der Waals surface area contributed by atoms with E-state index >= 15 is 0 Å². The molecule has 0 aliphatic carbocycles. The number of anilines is 1. The first-order valence-corrected chi connectivity index (χ1v) is 3.73. The molecule has 0 saturated carbocycles. The van der Waals surface area contributed by atoms with Gasteiger partial charge in [0.05, 0.1) is 5.69 Å². The van der Waals surface area contributed by atoms with Crippen molar-refractivity contribution in [3.8, 4) is 0 Å². The Bertz CT molecular complexity index is 288. The van der Waals surface area contributed by atoms with E-state index in [4.69, 9.17) is 5.84 Å². The van der Waals surface area contributed by atoms with Gasteiger partial charge in [-0.2, -0.15) is 0 Å². The van der Waals surface area contributed by atoms with Crippen LogP contribution in [0.1, 0.15) is 24.0 Å². The summed E-state index contributed by atoms with van der Waals surface area (Å²) >= 11 is 0. The molecule has 1 rings (SSSR count). The maximum atomic E-state index is 12.3. The molecular formula is C8H8F4N2. The van der Waals surface area contributed by atoms with Gasteiger partial charge >= 0.3 is 0 Å². The lowest BCUT2D eigenvalue weighted by atomic mass is 10.1. The van der Waals surface area contributed by atoms with E-state index in [1.165, 1.54) is 0 Å². The largest absolute Gasteiger partial charge is 0.323 e. The number of para-hydroxylation sites is 1. The molecule has 0 atom stereocenters. The van der Waals surface area contributed by atoms with Gasteiger partial charge in [-0.3, -0.25) is 5.84 Å². The lowest BCUT2D eigenvalue weighted by Crippen LogP contribution is -2.12. The fourth-order valence-corrected chi connectivity index (χ4v) is 1.12. The number of hydrogen-bond donors (Lipinski definition) is 2. The lowest BCUT2D eigenvalue weighted by molar-refractivity contribution is 0.145. The van der Waals surface area contributed by atoms with E-state index in [1.807, 2.05) is 5.43 Å². The number of alkyl halides is 4. The first-order valence-electron chi connectivity index (χ1n) is 3.73. The number of benzene rings is 1. The average Bonchev–Trinajstić information content (AvgIpc) is 2.16. The summed E-state index contributed by atoms with van der Waals surface area (Å²) in [7, 11) is 0. The molecule has 0 heterocycles. The predicted molar refractivity (Wildman–Crippen MR) is 44.2 cm³/mol. The topological polar surface area (TPSA) is 38.0 Å². The van der Waals surface area contributed by atoms with Crippen molar-refractivity contribution in [2.24, 2.45) is 5.84 Å². The van der Waals surface area contributed by atoms with Gasteiger partial charge in [0.1, 0.15) is 0 Å². The Labute approximate surface area is 77.7 Å². The summed E-state index contributed by atoms with van der Waals surface area (Å²) in [6.07, 6.45) is -5.67. The monoisotopic (exact) mass is 208 g/mol. The third kappa shape index (κ3) is 1.95. The maximum absolute atomic E-state index is 12.3. The highest BCUT2D eigenvalue weighted by Gasteiger charge is 2.19. The first-order chi connectivity index (χ1) is 6.57. The summed E-state index contributed by atoms with van der Waals surface area (Å²) in [5.41, 5.74) is 0.416. The standard InChI is InChI=1S/C8H8F4N2/c9-7(10)4-2-1-3-5(8(11)12)6(4)14-13/h1-3,7-8,14H,13H2. The number of nitrogens with two attached hydrogens (primary N) is 1. The molecule has 0 aromatic heterocycles. The highest BCUT2D eigenvalue weighted by molar-refractivity contribution is 5.57. The van der Waals surface area contributed by atoms with Gasteiger partial charge in [0.2, 0.25) is 0 Å². The van der Waals surface area contributed by atoms with Crippen molar-refractivity contribution in [2.45, 2.75) is 12.9 Å². The Morgan fingerprint density at radius 2 is 1.43 bits per heavy atom. The van der Waals surface area contributed by atoms with E-state index in [-0.39, 0.29) is 0 Å². The molecule has 2 nitrogen and oxygen atoms in total. The molecule has 3 N–H and O–H groups in total. The Morgan fingerprint density at radius 1 is 1.00 bits per heavy atom. The van der Waals surface area contributed by atoms with Crippen molar-refractivity contribution in [1.82, 2.24) is 0 Å². The summed E-state index contributed by atoms with van der Waals surface area (Å²) < 4.78 is 49.3.